The lowest BCUT2D eigenvalue weighted by Crippen LogP contribution is -2.30. The van der Waals surface area contributed by atoms with E-state index >= 15 is 0 Å². The Morgan fingerprint density at radius 2 is 1.45 bits per heavy atom. The summed E-state index contributed by atoms with van der Waals surface area (Å²) in [6.45, 7) is 2.29. The van der Waals surface area contributed by atoms with Gasteiger partial charge in [-0.25, -0.2) is 8.78 Å². The first kappa shape index (κ1) is 20.6. The number of hydrogen-bond acceptors (Lipinski definition) is 0. The number of halogens is 2. The van der Waals surface area contributed by atoms with Gasteiger partial charge in [-0.05, 0) is 84.6 Å². The molecular formula is C27H34F2. The lowest BCUT2D eigenvalue weighted by molar-refractivity contribution is 0.113. The molecule has 0 aliphatic heterocycles. The third-order valence-electron chi connectivity index (χ3n) is 7.52. The fourth-order valence-corrected chi connectivity index (χ4v) is 5.90. The zero-order valence-corrected chi connectivity index (χ0v) is 17.7. The molecule has 0 aromatic heterocycles. The summed E-state index contributed by atoms with van der Waals surface area (Å²) in [5.41, 5.74) is 2.89. The van der Waals surface area contributed by atoms with Crippen molar-refractivity contribution in [2.24, 2.45) is 17.8 Å². The van der Waals surface area contributed by atoms with Crippen LogP contribution in [0.1, 0.15) is 82.6 Å². The molecule has 156 valence electrons. The number of fused-ring (bicyclic) bond motifs is 1. The predicted molar refractivity (Wildman–Crippen MR) is 117 cm³/mol. The molecule has 0 saturated heterocycles. The summed E-state index contributed by atoms with van der Waals surface area (Å²) in [4.78, 5) is 0. The van der Waals surface area contributed by atoms with E-state index in [1.807, 2.05) is 12.1 Å². The third-order valence-corrected chi connectivity index (χ3v) is 7.52. The van der Waals surface area contributed by atoms with Gasteiger partial charge in [-0.2, -0.15) is 0 Å². The summed E-state index contributed by atoms with van der Waals surface area (Å²) in [5.74, 6) is 2.42. The summed E-state index contributed by atoms with van der Waals surface area (Å²) in [6, 6.07) is 12.2. The molecule has 2 heteroatoms. The smallest absolute Gasteiger partial charge is 0.126 e. The van der Waals surface area contributed by atoms with E-state index in [0.717, 1.165) is 29.4 Å². The molecule has 4 atom stereocenters. The van der Waals surface area contributed by atoms with Crippen LogP contribution in [0.4, 0.5) is 8.78 Å². The molecule has 0 radical (unpaired) electrons. The van der Waals surface area contributed by atoms with E-state index in [2.05, 4.69) is 19.1 Å². The van der Waals surface area contributed by atoms with Gasteiger partial charge in [0, 0.05) is 6.07 Å². The van der Waals surface area contributed by atoms with Crippen molar-refractivity contribution in [2.45, 2.75) is 77.0 Å². The van der Waals surface area contributed by atoms with Crippen molar-refractivity contribution < 1.29 is 8.78 Å². The van der Waals surface area contributed by atoms with Crippen LogP contribution in [0, 0.1) is 29.4 Å². The van der Waals surface area contributed by atoms with Gasteiger partial charge >= 0.3 is 0 Å². The topological polar surface area (TPSA) is 0 Å². The molecule has 29 heavy (non-hydrogen) atoms. The molecule has 0 spiro atoms. The molecule has 2 fully saturated rings. The van der Waals surface area contributed by atoms with Gasteiger partial charge in [0.15, 0.2) is 0 Å². The zero-order valence-electron chi connectivity index (χ0n) is 17.7. The van der Waals surface area contributed by atoms with Crippen LogP contribution in [0.2, 0.25) is 0 Å². The fraction of sp³-hybridized carbons (Fsp3) is 0.556. The SMILES string of the molecule is CCCCCC1CC[C@@H]2C[C@H](c3ccc(-c4cc(F)cc(F)c4)cc3)CC[C@@H]2C1. The van der Waals surface area contributed by atoms with Crippen LogP contribution in [-0.2, 0) is 0 Å². The van der Waals surface area contributed by atoms with Crippen LogP contribution in [0.3, 0.4) is 0 Å². The first-order chi connectivity index (χ1) is 14.1. The summed E-state index contributed by atoms with van der Waals surface area (Å²) >= 11 is 0. The summed E-state index contributed by atoms with van der Waals surface area (Å²) in [6.07, 6.45) is 13.9. The van der Waals surface area contributed by atoms with Gasteiger partial charge in [0.05, 0.1) is 0 Å². The quantitative estimate of drug-likeness (QED) is 0.429. The number of unbranched alkanes of at least 4 members (excludes halogenated alkanes) is 2. The summed E-state index contributed by atoms with van der Waals surface area (Å²) < 4.78 is 27.0. The van der Waals surface area contributed by atoms with E-state index in [1.54, 1.807) is 0 Å². The van der Waals surface area contributed by atoms with Crippen molar-refractivity contribution in [2.75, 3.05) is 0 Å². The molecule has 0 amide bonds. The molecule has 2 aromatic rings. The average Bonchev–Trinajstić information content (AvgIpc) is 2.73. The van der Waals surface area contributed by atoms with Gasteiger partial charge in [0.2, 0.25) is 0 Å². The van der Waals surface area contributed by atoms with Crippen molar-refractivity contribution in [1.82, 2.24) is 0 Å². The predicted octanol–water partition coefficient (Wildman–Crippen LogP) is 8.51. The highest BCUT2D eigenvalue weighted by molar-refractivity contribution is 5.63. The molecule has 4 rings (SSSR count). The number of benzene rings is 2. The van der Waals surface area contributed by atoms with Crippen molar-refractivity contribution in [3.8, 4) is 11.1 Å². The van der Waals surface area contributed by atoms with E-state index in [-0.39, 0.29) is 0 Å². The average molecular weight is 397 g/mol. The van der Waals surface area contributed by atoms with E-state index in [1.165, 1.54) is 81.9 Å². The highest BCUT2D eigenvalue weighted by Crippen LogP contribution is 2.48. The molecule has 1 unspecified atom stereocenters. The van der Waals surface area contributed by atoms with Crippen LogP contribution in [-0.4, -0.2) is 0 Å². The van der Waals surface area contributed by atoms with Crippen LogP contribution in [0.25, 0.3) is 11.1 Å². The van der Waals surface area contributed by atoms with Crippen molar-refractivity contribution >= 4 is 0 Å². The minimum absolute atomic E-state index is 0.521. The van der Waals surface area contributed by atoms with Crippen molar-refractivity contribution in [3.05, 3.63) is 59.7 Å². The van der Waals surface area contributed by atoms with Gasteiger partial charge in [-0.1, -0.05) is 63.3 Å². The second kappa shape index (κ2) is 9.41. The van der Waals surface area contributed by atoms with Crippen LogP contribution in [0.5, 0.6) is 0 Å². The molecule has 2 aromatic carbocycles. The Balaban J connectivity index is 1.36. The molecule has 2 saturated carbocycles. The summed E-state index contributed by atoms with van der Waals surface area (Å²) in [7, 11) is 0. The second-order valence-corrected chi connectivity index (χ2v) is 9.49. The van der Waals surface area contributed by atoms with Gasteiger partial charge < -0.3 is 0 Å². The molecule has 2 aliphatic carbocycles. The van der Waals surface area contributed by atoms with Gasteiger partial charge in [-0.15, -0.1) is 0 Å². The van der Waals surface area contributed by atoms with E-state index in [4.69, 9.17) is 0 Å². The minimum Gasteiger partial charge on any atom is -0.207 e. The second-order valence-electron chi connectivity index (χ2n) is 9.49. The molecule has 0 bridgehead atoms. The monoisotopic (exact) mass is 396 g/mol. The lowest BCUT2D eigenvalue weighted by atomic mass is 9.63. The Morgan fingerprint density at radius 1 is 0.759 bits per heavy atom. The van der Waals surface area contributed by atoms with E-state index < -0.39 is 11.6 Å². The maximum absolute atomic E-state index is 13.5. The lowest BCUT2D eigenvalue weighted by Gasteiger charge is -2.42. The standard InChI is InChI=1S/C27H34F2/c1-2-3-4-5-19-6-7-24-15-23(13-12-22(24)14-19)20-8-10-21(11-9-20)25-16-26(28)18-27(29)17-25/h8-11,16-19,22-24H,2-7,12-15H2,1H3/t19?,22-,23-,24-/m1/s1. The Labute approximate surface area is 174 Å². The van der Waals surface area contributed by atoms with Gasteiger partial charge in [-0.3, -0.25) is 0 Å². The van der Waals surface area contributed by atoms with Crippen LogP contribution < -0.4 is 0 Å². The van der Waals surface area contributed by atoms with Crippen LogP contribution in [0.15, 0.2) is 42.5 Å². The number of hydrogen-bond donors (Lipinski definition) is 0. The Morgan fingerprint density at radius 3 is 2.17 bits per heavy atom. The first-order valence-electron chi connectivity index (χ1n) is 11.7. The van der Waals surface area contributed by atoms with E-state index in [9.17, 15) is 8.78 Å². The third kappa shape index (κ3) is 5.08. The Hall–Kier alpha value is -1.70. The molecule has 0 heterocycles. The van der Waals surface area contributed by atoms with E-state index in [0.29, 0.717) is 11.5 Å². The number of rotatable bonds is 6. The maximum atomic E-state index is 13.5. The minimum atomic E-state index is -0.521. The fourth-order valence-electron chi connectivity index (χ4n) is 5.90. The summed E-state index contributed by atoms with van der Waals surface area (Å²) in [5, 5.41) is 0. The van der Waals surface area contributed by atoms with Gasteiger partial charge in [0.1, 0.15) is 11.6 Å². The Kier molecular flexibility index (Phi) is 6.67. The Bertz CT molecular complexity index is 774. The molecule has 0 N–H and O–H groups in total. The zero-order chi connectivity index (χ0) is 20.2. The van der Waals surface area contributed by atoms with Gasteiger partial charge in [0.25, 0.3) is 0 Å². The molecule has 0 nitrogen and oxygen atoms in total. The highest BCUT2D eigenvalue weighted by atomic mass is 19.1. The van der Waals surface area contributed by atoms with Crippen molar-refractivity contribution in [1.29, 1.82) is 0 Å². The highest BCUT2D eigenvalue weighted by Gasteiger charge is 2.35. The van der Waals surface area contributed by atoms with Crippen molar-refractivity contribution in [3.63, 3.8) is 0 Å². The molecule has 2 aliphatic rings. The normalized spacial score (nSPS) is 26.9. The maximum Gasteiger partial charge on any atom is 0.126 e. The first-order valence-corrected chi connectivity index (χ1v) is 11.7. The molecular weight excluding hydrogens is 362 g/mol. The largest absolute Gasteiger partial charge is 0.207 e. The van der Waals surface area contributed by atoms with Crippen LogP contribution >= 0.6 is 0 Å².